The zero-order valence-corrected chi connectivity index (χ0v) is 10.5. The highest BCUT2D eigenvalue weighted by atomic mass is 16.2. The molecule has 0 aliphatic heterocycles. The number of carbonyl (C=O) groups is 1. The number of nitrogens with zero attached hydrogens (tertiary/aromatic N) is 1. The van der Waals surface area contributed by atoms with E-state index in [1.807, 2.05) is 11.9 Å². The fourth-order valence-corrected chi connectivity index (χ4v) is 2.82. The van der Waals surface area contributed by atoms with Crippen molar-refractivity contribution < 1.29 is 4.79 Å². The molecule has 2 fully saturated rings. The first kappa shape index (κ1) is 11.9. The fourth-order valence-electron chi connectivity index (χ4n) is 2.82. The van der Waals surface area contributed by atoms with Gasteiger partial charge in [0, 0.05) is 19.6 Å². The number of amides is 1. The van der Waals surface area contributed by atoms with Crippen LogP contribution in [0.5, 0.6) is 0 Å². The van der Waals surface area contributed by atoms with Gasteiger partial charge < -0.3 is 10.6 Å². The minimum Gasteiger partial charge on any atom is -0.342 e. The van der Waals surface area contributed by atoms with E-state index in [-0.39, 0.29) is 5.41 Å². The second kappa shape index (κ2) is 4.36. The third kappa shape index (κ3) is 2.10. The Morgan fingerprint density at radius 2 is 1.88 bits per heavy atom. The average molecular weight is 224 g/mol. The lowest BCUT2D eigenvalue weighted by Gasteiger charge is -2.39. The zero-order valence-electron chi connectivity index (χ0n) is 10.5. The van der Waals surface area contributed by atoms with Gasteiger partial charge in [-0.05, 0) is 44.4 Å². The molecule has 2 aliphatic rings. The molecule has 0 radical (unpaired) electrons. The van der Waals surface area contributed by atoms with Gasteiger partial charge in [-0.2, -0.15) is 0 Å². The molecule has 0 bridgehead atoms. The van der Waals surface area contributed by atoms with Crippen molar-refractivity contribution >= 4 is 5.91 Å². The zero-order chi connectivity index (χ0) is 11.8. The van der Waals surface area contributed by atoms with Crippen LogP contribution < -0.4 is 5.73 Å². The van der Waals surface area contributed by atoms with E-state index in [2.05, 4.69) is 6.92 Å². The summed E-state index contributed by atoms with van der Waals surface area (Å²) >= 11 is 0. The Morgan fingerprint density at radius 1 is 1.31 bits per heavy atom. The van der Waals surface area contributed by atoms with E-state index in [0.717, 1.165) is 31.6 Å². The smallest absolute Gasteiger partial charge is 0.230 e. The molecule has 0 atom stereocenters. The van der Waals surface area contributed by atoms with E-state index in [4.69, 9.17) is 5.73 Å². The number of hydrogen-bond donors (Lipinski definition) is 1. The van der Waals surface area contributed by atoms with Gasteiger partial charge >= 0.3 is 0 Å². The third-order valence-corrected chi connectivity index (χ3v) is 4.49. The summed E-state index contributed by atoms with van der Waals surface area (Å²) < 4.78 is 0. The quantitative estimate of drug-likeness (QED) is 0.794. The van der Waals surface area contributed by atoms with Crippen LogP contribution in [-0.4, -0.2) is 30.4 Å². The van der Waals surface area contributed by atoms with Crippen LogP contribution in [0.2, 0.25) is 0 Å². The van der Waals surface area contributed by atoms with E-state index in [1.165, 1.54) is 12.8 Å². The van der Waals surface area contributed by atoms with E-state index in [1.54, 1.807) is 0 Å². The Bertz CT molecular complexity index is 265. The molecular weight excluding hydrogens is 200 g/mol. The van der Waals surface area contributed by atoms with Crippen molar-refractivity contribution in [2.45, 2.75) is 51.5 Å². The maximum atomic E-state index is 12.5. The molecule has 16 heavy (non-hydrogen) atoms. The minimum atomic E-state index is -0.232. The lowest BCUT2D eigenvalue weighted by Crippen LogP contribution is -2.49. The SMILES string of the molecule is CC1CCC(CN)(C(=O)N(C)C2CC2)CC1. The lowest BCUT2D eigenvalue weighted by atomic mass is 9.70. The molecule has 3 nitrogen and oxygen atoms in total. The van der Waals surface area contributed by atoms with E-state index in [9.17, 15) is 4.79 Å². The molecule has 0 unspecified atom stereocenters. The average Bonchev–Trinajstić information content (AvgIpc) is 3.13. The van der Waals surface area contributed by atoms with E-state index >= 15 is 0 Å². The molecule has 2 saturated carbocycles. The minimum absolute atomic E-state index is 0.232. The van der Waals surface area contributed by atoms with Crippen LogP contribution in [0.25, 0.3) is 0 Å². The Hall–Kier alpha value is -0.570. The highest BCUT2D eigenvalue weighted by molar-refractivity contribution is 5.83. The topological polar surface area (TPSA) is 46.3 Å². The van der Waals surface area contributed by atoms with Gasteiger partial charge in [-0.1, -0.05) is 6.92 Å². The van der Waals surface area contributed by atoms with Crippen LogP contribution in [0.3, 0.4) is 0 Å². The molecule has 0 saturated heterocycles. The molecular formula is C13H24N2O. The number of carbonyl (C=O) groups excluding carboxylic acids is 1. The van der Waals surface area contributed by atoms with Gasteiger partial charge in [-0.25, -0.2) is 0 Å². The first-order valence-electron chi connectivity index (χ1n) is 6.56. The third-order valence-electron chi connectivity index (χ3n) is 4.49. The van der Waals surface area contributed by atoms with Crippen LogP contribution in [0, 0.1) is 11.3 Å². The van der Waals surface area contributed by atoms with Crippen molar-refractivity contribution in [3.8, 4) is 0 Å². The highest BCUT2D eigenvalue weighted by Crippen LogP contribution is 2.41. The summed E-state index contributed by atoms with van der Waals surface area (Å²) in [7, 11) is 1.95. The van der Waals surface area contributed by atoms with Crippen molar-refractivity contribution in [2.75, 3.05) is 13.6 Å². The monoisotopic (exact) mass is 224 g/mol. The van der Waals surface area contributed by atoms with Crippen LogP contribution >= 0.6 is 0 Å². The summed E-state index contributed by atoms with van der Waals surface area (Å²) in [5.41, 5.74) is 5.66. The predicted molar refractivity (Wildman–Crippen MR) is 64.9 cm³/mol. The Labute approximate surface area is 98.4 Å². The van der Waals surface area contributed by atoms with Gasteiger partial charge in [0.2, 0.25) is 5.91 Å². The van der Waals surface area contributed by atoms with Crippen LogP contribution in [-0.2, 0) is 4.79 Å². The molecule has 1 amide bonds. The normalized spacial score (nSPS) is 34.8. The van der Waals surface area contributed by atoms with Crippen molar-refractivity contribution in [1.82, 2.24) is 4.90 Å². The van der Waals surface area contributed by atoms with Crippen LogP contribution in [0.15, 0.2) is 0 Å². The fraction of sp³-hybridized carbons (Fsp3) is 0.923. The van der Waals surface area contributed by atoms with Crippen molar-refractivity contribution in [3.63, 3.8) is 0 Å². The van der Waals surface area contributed by atoms with Gasteiger partial charge in [-0.15, -0.1) is 0 Å². The van der Waals surface area contributed by atoms with E-state index in [0.29, 0.717) is 18.5 Å². The Kier molecular flexibility index (Phi) is 3.24. The lowest BCUT2D eigenvalue weighted by molar-refractivity contribution is -0.143. The Balaban J connectivity index is 2.05. The summed E-state index contributed by atoms with van der Waals surface area (Å²) in [4.78, 5) is 14.4. The largest absolute Gasteiger partial charge is 0.342 e. The summed E-state index contributed by atoms with van der Waals surface area (Å²) in [6.07, 6.45) is 6.64. The molecule has 0 aromatic heterocycles. The van der Waals surface area contributed by atoms with Gasteiger partial charge in [-0.3, -0.25) is 4.79 Å². The standard InChI is InChI=1S/C13H24N2O/c1-10-5-7-13(9-14,8-6-10)12(16)15(2)11-3-4-11/h10-11H,3-9,14H2,1-2H3. The van der Waals surface area contributed by atoms with Gasteiger partial charge in [0.15, 0.2) is 0 Å². The second-order valence-electron chi connectivity index (χ2n) is 5.81. The number of hydrogen-bond acceptors (Lipinski definition) is 2. The van der Waals surface area contributed by atoms with Crippen molar-refractivity contribution in [3.05, 3.63) is 0 Å². The second-order valence-corrected chi connectivity index (χ2v) is 5.81. The summed E-state index contributed by atoms with van der Waals surface area (Å²) in [6, 6.07) is 0.510. The molecule has 0 aromatic rings. The molecule has 2 rings (SSSR count). The molecule has 0 heterocycles. The van der Waals surface area contributed by atoms with Crippen LogP contribution in [0.1, 0.15) is 45.4 Å². The molecule has 0 spiro atoms. The van der Waals surface area contributed by atoms with Crippen LogP contribution in [0.4, 0.5) is 0 Å². The maximum Gasteiger partial charge on any atom is 0.230 e. The first-order valence-corrected chi connectivity index (χ1v) is 6.56. The van der Waals surface area contributed by atoms with E-state index < -0.39 is 0 Å². The van der Waals surface area contributed by atoms with Gasteiger partial charge in [0.25, 0.3) is 0 Å². The molecule has 2 N–H and O–H groups in total. The summed E-state index contributed by atoms with van der Waals surface area (Å²) in [5.74, 6) is 1.07. The Morgan fingerprint density at radius 3 is 2.31 bits per heavy atom. The highest BCUT2D eigenvalue weighted by Gasteiger charge is 2.44. The maximum absolute atomic E-state index is 12.5. The molecule has 2 aliphatic carbocycles. The number of nitrogens with two attached hydrogens (primary N) is 1. The predicted octanol–water partition coefficient (Wildman–Crippen LogP) is 1.76. The van der Waals surface area contributed by atoms with Gasteiger partial charge in [0.05, 0.1) is 5.41 Å². The van der Waals surface area contributed by atoms with Crippen molar-refractivity contribution in [1.29, 1.82) is 0 Å². The molecule has 0 aromatic carbocycles. The number of rotatable bonds is 3. The molecule has 92 valence electrons. The first-order chi connectivity index (χ1) is 7.59. The molecule has 3 heteroatoms. The van der Waals surface area contributed by atoms with Crippen molar-refractivity contribution in [2.24, 2.45) is 17.1 Å². The summed E-state index contributed by atoms with van der Waals surface area (Å²) in [5, 5.41) is 0. The summed E-state index contributed by atoms with van der Waals surface area (Å²) in [6.45, 7) is 2.80. The van der Waals surface area contributed by atoms with Gasteiger partial charge in [0.1, 0.15) is 0 Å².